The van der Waals surface area contributed by atoms with Crippen molar-refractivity contribution in [3.63, 3.8) is 0 Å². The second-order valence-electron chi connectivity index (χ2n) is 15.2. The van der Waals surface area contributed by atoms with Crippen molar-refractivity contribution in [3.05, 3.63) is 192 Å². The Kier molecular flexibility index (Phi) is 17.6. The summed E-state index contributed by atoms with van der Waals surface area (Å²) in [5.41, 5.74) is 4.06. The van der Waals surface area contributed by atoms with Crippen LogP contribution in [-0.4, -0.2) is 99.4 Å². The van der Waals surface area contributed by atoms with Crippen LogP contribution < -0.4 is 0 Å². The molecule has 0 bridgehead atoms. The average molecular weight is 861 g/mol. The number of esters is 1. The second-order valence-corrected chi connectivity index (χ2v) is 15.2. The lowest BCUT2D eigenvalue weighted by atomic mass is 9.96. The van der Waals surface area contributed by atoms with Gasteiger partial charge in [-0.15, -0.1) is 6.58 Å². The summed E-state index contributed by atoms with van der Waals surface area (Å²) in [5.74, 6) is -0.578. The number of hydrogen-bond donors (Lipinski definition) is 1. The molecule has 0 unspecified atom stereocenters. The van der Waals surface area contributed by atoms with Gasteiger partial charge in [0.1, 0.15) is 55.4 Å². The lowest BCUT2D eigenvalue weighted by Crippen LogP contribution is -2.66. The van der Waals surface area contributed by atoms with Crippen LogP contribution in [0.3, 0.4) is 0 Å². The lowest BCUT2D eigenvalue weighted by Gasteiger charge is -2.49. The van der Waals surface area contributed by atoms with Crippen LogP contribution in [0.25, 0.3) is 0 Å². The first kappa shape index (κ1) is 45.9. The maximum Gasteiger partial charge on any atom is 0.338 e. The monoisotopic (exact) mass is 860 g/mol. The molecule has 5 aromatic carbocycles. The Bertz CT molecular complexity index is 2060. The fraction of sp³-hybridized carbons (Fsp3) is 0.353. The number of methoxy groups -OCH3 is 1. The van der Waals surface area contributed by atoms with Gasteiger partial charge in [0, 0.05) is 7.11 Å². The second kappa shape index (κ2) is 24.1. The van der Waals surface area contributed by atoms with E-state index in [0.29, 0.717) is 12.2 Å². The highest BCUT2D eigenvalue weighted by molar-refractivity contribution is 5.89. The standard InChI is InChI=1S/C51H56O12/c1-3-29-56-47-45(57-31-37-21-11-5-12-22-37)43(52)41(35-60-49(53)40-27-17-8-18-28-40)61-51(47)63-44-42(34-55-30-36-19-9-4-10-20-36)62-50(54-2)48(59-33-39-25-15-7-16-26-39)46(44)58-32-38-23-13-6-14-24-38/h3-28,41-48,50-52H,1,29-35H2,2H3/t41-,42-,43+,44-,45+,46+,47-,48-,50-,51+/m1/s1. The van der Waals surface area contributed by atoms with Gasteiger partial charge in [-0.2, -0.15) is 0 Å². The molecule has 5 aromatic rings. The molecule has 63 heavy (non-hydrogen) atoms. The third kappa shape index (κ3) is 13.0. The van der Waals surface area contributed by atoms with Gasteiger partial charge in [-0.1, -0.05) is 146 Å². The molecule has 2 fully saturated rings. The molecule has 2 heterocycles. The van der Waals surface area contributed by atoms with Crippen LogP contribution in [0.4, 0.5) is 0 Å². The molecule has 0 aromatic heterocycles. The SMILES string of the molecule is C=CCO[C@H]1[C@H](O[C@H]2[C@H](OCc3ccccc3)[C@@H](OCc3ccccc3)[C@H](OC)O[C@@H]2COCc2ccccc2)O[C@H](COC(=O)c2ccccc2)[C@H](O)[C@@H]1OCc1ccccc1. The molecule has 0 radical (unpaired) electrons. The van der Waals surface area contributed by atoms with Crippen LogP contribution in [0.2, 0.25) is 0 Å². The molecular weight excluding hydrogens is 805 g/mol. The van der Waals surface area contributed by atoms with Crippen molar-refractivity contribution in [1.29, 1.82) is 0 Å². The molecular formula is C51H56O12. The van der Waals surface area contributed by atoms with Gasteiger partial charge in [-0.05, 0) is 34.4 Å². The van der Waals surface area contributed by atoms with E-state index in [1.54, 1.807) is 37.5 Å². The number of carbonyl (C=O) groups excluding carboxylic acids is 1. The van der Waals surface area contributed by atoms with Crippen LogP contribution in [0.15, 0.2) is 164 Å². The van der Waals surface area contributed by atoms with Crippen molar-refractivity contribution >= 4 is 5.97 Å². The number of hydrogen-bond acceptors (Lipinski definition) is 12. The zero-order valence-electron chi connectivity index (χ0n) is 35.4. The summed E-state index contributed by atoms with van der Waals surface area (Å²) in [4.78, 5) is 13.2. The minimum atomic E-state index is -1.32. The van der Waals surface area contributed by atoms with Crippen molar-refractivity contribution in [2.45, 2.75) is 87.8 Å². The van der Waals surface area contributed by atoms with Crippen LogP contribution in [0.1, 0.15) is 32.6 Å². The van der Waals surface area contributed by atoms with Gasteiger partial charge in [0.05, 0.1) is 45.2 Å². The van der Waals surface area contributed by atoms with Crippen molar-refractivity contribution in [3.8, 4) is 0 Å². The van der Waals surface area contributed by atoms with Crippen LogP contribution in [0.5, 0.6) is 0 Å². The third-order valence-electron chi connectivity index (χ3n) is 10.8. The van der Waals surface area contributed by atoms with Crippen molar-refractivity contribution in [2.75, 3.05) is 26.9 Å². The van der Waals surface area contributed by atoms with E-state index in [4.69, 9.17) is 47.4 Å². The van der Waals surface area contributed by atoms with Gasteiger partial charge in [-0.25, -0.2) is 4.79 Å². The molecule has 0 amide bonds. The smallest absolute Gasteiger partial charge is 0.338 e. The molecule has 12 heteroatoms. The van der Waals surface area contributed by atoms with E-state index in [1.807, 2.05) is 127 Å². The molecule has 2 saturated heterocycles. The molecule has 2 aliphatic rings. The molecule has 12 nitrogen and oxygen atoms in total. The normalized spacial score (nSPS) is 25.9. The van der Waals surface area contributed by atoms with Crippen LogP contribution in [0, 0.1) is 0 Å². The Labute approximate surface area is 369 Å². The first-order valence-electron chi connectivity index (χ1n) is 21.2. The highest BCUT2D eigenvalue weighted by Crippen LogP contribution is 2.35. The summed E-state index contributed by atoms with van der Waals surface area (Å²) in [6.07, 6.45) is -8.42. The predicted molar refractivity (Wildman–Crippen MR) is 233 cm³/mol. The average Bonchev–Trinajstić information content (AvgIpc) is 3.33. The first-order valence-corrected chi connectivity index (χ1v) is 21.2. The number of aliphatic hydroxyl groups is 1. The predicted octanol–water partition coefficient (Wildman–Crippen LogP) is 7.23. The highest BCUT2D eigenvalue weighted by Gasteiger charge is 2.54. The van der Waals surface area contributed by atoms with E-state index in [-0.39, 0.29) is 39.6 Å². The summed E-state index contributed by atoms with van der Waals surface area (Å²) in [5, 5.41) is 12.0. The van der Waals surface area contributed by atoms with E-state index in [1.165, 1.54) is 0 Å². The van der Waals surface area contributed by atoms with Crippen molar-refractivity contribution < 1.29 is 57.3 Å². The first-order chi connectivity index (χ1) is 31.0. The Hall–Kier alpha value is -5.09. The zero-order chi connectivity index (χ0) is 43.6. The van der Waals surface area contributed by atoms with E-state index >= 15 is 0 Å². The van der Waals surface area contributed by atoms with E-state index < -0.39 is 67.4 Å². The number of rotatable bonds is 22. The van der Waals surface area contributed by atoms with Gasteiger partial charge in [0.15, 0.2) is 12.6 Å². The van der Waals surface area contributed by atoms with Gasteiger partial charge in [0.2, 0.25) is 0 Å². The molecule has 10 atom stereocenters. The Morgan fingerprint density at radius 3 is 1.54 bits per heavy atom. The summed E-state index contributed by atoms with van der Waals surface area (Å²) in [6.45, 7) is 4.56. The van der Waals surface area contributed by atoms with Gasteiger partial charge < -0.3 is 52.5 Å². The largest absolute Gasteiger partial charge is 0.459 e. The fourth-order valence-corrected chi connectivity index (χ4v) is 7.55. The van der Waals surface area contributed by atoms with Crippen molar-refractivity contribution in [1.82, 2.24) is 0 Å². The van der Waals surface area contributed by atoms with Gasteiger partial charge in [-0.3, -0.25) is 0 Å². The van der Waals surface area contributed by atoms with E-state index in [9.17, 15) is 9.90 Å². The fourth-order valence-electron chi connectivity index (χ4n) is 7.55. The lowest BCUT2D eigenvalue weighted by molar-refractivity contribution is -0.371. The highest BCUT2D eigenvalue weighted by atomic mass is 16.8. The van der Waals surface area contributed by atoms with Gasteiger partial charge in [0.25, 0.3) is 0 Å². The van der Waals surface area contributed by atoms with Crippen LogP contribution >= 0.6 is 0 Å². The molecule has 332 valence electrons. The number of ether oxygens (including phenoxy) is 10. The molecule has 0 saturated carbocycles. The number of aliphatic hydroxyl groups excluding tert-OH is 1. The van der Waals surface area contributed by atoms with Crippen LogP contribution in [-0.2, 0) is 73.8 Å². The topological polar surface area (TPSA) is 130 Å². The Balaban J connectivity index is 1.23. The third-order valence-corrected chi connectivity index (χ3v) is 10.8. The molecule has 0 spiro atoms. The molecule has 1 N–H and O–H groups in total. The Morgan fingerprint density at radius 1 is 0.556 bits per heavy atom. The maximum atomic E-state index is 13.2. The minimum Gasteiger partial charge on any atom is -0.459 e. The summed E-state index contributed by atoms with van der Waals surface area (Å²) >= 11 is 0. The quantitative estimate of drug-likeness (QED) is 0.0557. The number of carbonyl (C=O) groups is 1. The Morgan fingerprint density at radius 2 is 1.02 bits per heavy atom. The number of benzene rings is 5. The van der Waals surface area contributed by atoms with E-state index in [0.717, 1.165) is 22.3 Å². The summed E-state index contributed by atoms with van der Waals surface area (Å²) in [6, 6.07) is 47.6. The minimum absolute atomic E-state index is 0.0651. The maximum absolute atomic E-state index is 13.2. The summed E-state index contributed by atoms with van der Waals surface area (Å²) in [7, 11) is 1.56. The molecule has 7 rings (SSSR count). The van der Waals surface area contributed by atoms with E-state index in [2.05, 4.69) is 6.58 Å². The summed E-state index contributed by atoms with van der Waals surface area (Å²) < 4.78 is 64.9. The van der Waals surface area contributed by atoms with Gasteiger partial charge >= 0.3 is 5.97 Å². The van der Waals surface area contributed by atoms with Crippen molar-refractivity contribution in [2.24, 2.45) is 0 Å². The molecule has 2 aliphatic heterocycles. The molecule has 0 aliphatic carbocycles. The zero-order valence-corrected chi connectivity index (χ0v) is 35.4.